The predicted octanol–water partition coefficient (Wildman–Crippen LogP) is 2.43. The van der Waals surface area contributed by atoms with Crippen LogP contribution in [0.25, 0.3) is 0 Å². The predicted molar refractivity (Wildman–Crippen MR) is 68.8 cm³/mol. The van der Waals surface area contributed by atoms with Gasteiger partial charge < -0.3 is 14.9 Å². The van der Waals surface area contributed by atoms with E-state index in [1.807, 2.05) is 32.9 Å². The SMILES string of the molecule is CCCC(Oc1c(C)cc(CO)cc1C)C(=O)O. The molecule has 1 unspecified atom stereocenters. The lowest BCUT2D eigenvalue weighted by Crippen LogP contribution is -2.27. The van der Waals surface area contributed by atoms with Crippen LogP contribution in [-0.2, 0) is 11.4 Å². The van der Waals surface area contributed by atoms with Gasteiger partial charge in [0.15, 0.2) is 6.10 Å². The van der Waals surface area contributed by atoms with Crippen LogP contribution >= 0.6 is 0 Å². The standard InChI is InChI=1S/C14H20O4/c1-4-5-12(14(16)17)18-13-9(2)6-11(8-15)7-10(13)3/h6-7,12,15H,4-5,8H2,1-3H3,(H,16,17). The fourth-order valence-electron chi connectivity index (χ4n) is 1.95. The molecule has 0 spiro atoms. The minimum absolute atomic E-state index is 0.0285. The van der Waals surface area contributed by atoms with Crippen LogP contribution in [0.3, 0.4) is 0 Å². The molecule has 4 heteroatoms. The molecule has 1 atom stereocenters. The zero-order chi connectivity index (χ0) is 13.7. The number of hydrogen-bond acceptors (Lipinski definition) is 3. The molecule has 0 aliphatic carbocycles. The summed E-state index contributed by atoms with van der Waals surface area (Å²) in [5.41, 5.74) is 2.50. The number of aliphatic hydroxyl groups is 1. The average Bonchev–Trinajstić information content (AvgIpc) is 2.31. The highest BCUT2D eigenvalue weighted by Crippen LogP contribution is 2.26. The zero-order valence-corrected chi connectivity index (χ0v) is 11.1. The van der Waals surface area contributed by atoms with Crippen LogP contribution in [0.15, 0.2) is 12.1 Å². The molecule has 0 saturated heterocycles. The van der Waals surface area contributed by atoms with E-state index in [-0.39, 0.29) is 6.61 Å². The summed E-state index contributed by atoms with van der Waals surface area (Å²) < 4.78 is 5.60. The molecule has 0 aliphatic rings. The van der Waals surface area contributed by atoms with Gasteiger partial charge in [-0.05, 0) is 37.0 Å². The van der Waals surface area contributed by atoms with Crippen molar-refractivity contribution >= 4 is 5.97 Å². The Morgan fingerprint density at radius 1 is 1.33 bits per heavy atom. The Balaban J connectivity index is 2.99. The minimum Gasteiger partial charge on any atom is -0.479 e. The van der Waals surface area contributed by atoms with Crippen molar-refractivity contribution in [3.63, 3.8) is 0 Å². The summed E-state index contributed by atoms with van der Waals surface area (Å²) in [6.45, 7) is 5.60. The Morgan fingerprint density at radius 2 is 1.89 bits per heavy atom. The van der Waals surface area contributed by atoms with E-state index in [0.29, 0.717) is 12.2 Å². The maximum absolute atomic E-state index is 11.1. The molecule has 0 aliphatic heterocycles. The molecule has 18 heavy (non-hydrogen) atoms. The Labute approximate surface area is 107 Å². The lowest BCUT2D eigenvalue weighted by Gasteiger charge is -2.18. The van der Waals surface area contributed by atoms with Gasteiger partial charge in [-0.15, -0.1) is 0 Å². The average molecular weight is 252 g/mol. The van der Waals surface area contributed by atoms with Crippen LogP contribution in [0.1, 0.15) is 36.5 Å². The largest absolute Gasteiger partial charge is 0.479 e. The zero-order valence-electron chi connectivity index (χ0n) is 11.1. The number of benzene rings is 1. The monoisotopic (exact) mass is 252 g/mol. The Kier molecular flexibility index (Phi) is 5.16. The van der Waals surface area contributed by atoms with Crippen LogP contribution in [0, 0.1) is 13.8 Å². The third kappa shape index (κ3) is 3.47. The van der Waals surface area contributed by atoms with Gasteiger partial charge in [0.05, 0.1) is 6.61 Å². The molecule has 0 heterocycles. The van der Waals surface area contributed by atoms with Crippen molar-refractivity contribution in [2.24, 2.45) is 0 Å². The van der Waals surface area contributed by atoms with E-state index in [9.17, 15) is 4.79 Å². The van der Waals surface area contributed by atoms with Gasteiger partial charge in [0.1, 0.15) is 5.75 Å². The third-order valence-electron chi connectivity index (χ3n) is 2.79. The lowest BCUT2D eigenvalue weighted by atomic mass is 10.1. The lowest BCUT2D eigenvalue weighted by molar-refractivity contribution is -0.145. The van der Waals surface area contributed by atoms with Crippen molar-refractivity contribution < 1.29 is 19.7 Å². The molecule has 1 rings (SSSR count). The molecule has 4 nitrogen and oxygen atoms in total. The normalized spacial score (nSPS) is 12.2. The van der Waals surface area contributed by atoms with Crippen LogP contribution in [0.2, 0.25) is 0 Å². The minimum atomic E-state index is -0.943. The van der Waals surface area contributed by atoms with Gasteiger partial charge in [-0.3, -0.25) is 0 Å². The first kappa shape index (κ1) is 14.5. The number of carboxylic acid groups (broad SMARTS) is 1. The van der Waals surface area contributed by atoms with E-state index in [1.54, 1.807) is 0 Å². The maximum atomic E-state index is 11.1. The summed E-state index contributed by atoms with van der Waals surface area (Å²) in [4.78, 5) is 11.1. The summed E-state index contributed by atoms with van der Waals surface area (Å²) in [5, 5.41) is 18.2. The second-order valence-electron chi connectivity index (χ2n) is 4.45. The van der Waals surface area contributed by atoms with Crippen molar-refractivity contribution in [2.45, 2.75) is 46.3 Å². The summed E-state index contributed by atoms with van der Waals surface area (Å²) in [7, 11) is 0. The number of ether oxygens (including phenoxy) is 1. The van der Waals surface area contributed by atoms with Gasteiger partial charge in [0, 0.05) is 0 Å². The number of aliphatic carboxylic acids is 1. The molecule has 0 saturated carbocycles. The van der Waals surface area contributed by atoms with E-state index in [1.165, 1.54) is 0 Å². The number of aliphatic hydroxyl groups excluding tert-OH is 1. The molecule has 1 aromatic rings. The highest BCUT2D eigenvalue weighted by molar-refractivity contribution is 5.72. The number of carboxylic acids is 1. The van der Waals surface area contributed by atoms with E-state index in [0.717, 1.165) is 23.1 Å². The second-order valence-corrected chi connectivity index (χ2v) is 4.45. The maximum Gasteiger partial charge on any atom is 0.344 e. The van der Waals surface area contributed by atoms with Crippen molar-refractivity contribution in [1.82, 2.24) is 0 Å². The summed E-state index contributed by atoms with van der Waals surface area (Å²) >= 11 is 0. The Morgan fingerprint density at radius 3 is 2.28 bits per heavy atom. The molecular weight excluding hydrogens is 232 g/mol. The molecule has 1 aromatic carbocycles. The first-order chi connectivity index (χ1) is 8.49. The van der Waals surface area contributed by atoms with Crippen molar-refractivity contribution in [3.8, 4) is 5.75 Å². The molecule has 0 aromatic heterocycles. The van der Waals surface area contributed by atoms with Crippen molar-refractivity contribution in [3.05, 3.63) is 28.8 Å². The van der Waals surface area contributed by atoms with Gasteiger partial charge in [0.25, 0.3) is 0 Å². The van der Waals surface area contributed by atoms with Gasteiger partial charge in [-0.1, -0.05) is 25.5 Å². The highest BCUT2D eigenvalue weighted by atomic mass is 16.5. The second kappa shape index (κ2) is 6.40. The Bertz CT molecular complexity index is 403. The van der Waals surface area contributed by atoms with Gasteiger partial charge >= 0.3 is 5.97 Å². The van der Waals surface area contributed by atoms with E-state index in [4.69, 9.17) is 14.9 Å². The van der Waals surface area contributed by atoms with Gasteiger partial charge in [-0.2, -0.15) is 0 Å². The van der Waals surface area contributed by atoms with Gasteiger partial charge in [-0.25, -0.2) is 4.79 Å². The highest BCUT2D eigenvalue weighted by Gasteiger charge is 2.20. The fourth-order valence-corrected chi connectivity index (χ4v) is 1.95. The quantitative estimate of drug-likeness (QED) is 0.816. The molecule has 0 bridgehead atoms. The molecular formula is C14H20O4. The van der Waals surface area contributed by atoms with E-state index in [2.05, 4.69) is 0 Å². The van der Waals surface area contributed by atoms with E-state index >= 15 is 0 Å². The summed E-state index contributed by atoms with van der Waals surface area (Å²) in [6, 6.07) is 3.63. The van der Waals surface area contributed by atoms with Crippen LogP contribution in [-0.4, -0.2) is 22.3 Å². The van der Waals surface area contributed by atoms with Crippen LogP contribution < -0.4 is 4.74 Å². The first-order valence-corrected chi connectivity index (χ1v) is 6.10. The number of rotatable bonds is 6. The summed E-state index contributed by atoms with van der Waals surface area (Å²) in [6.07, 6.45) is 0.423. The molecule has 2 N–H and O–H groups in total. The smallest absolute Gasteiger partial charge is 0.344 e. The van der Waals surface area contributed by atoms with Crippen LogP contribution in [0.5, 0.6) is 5.75 Å². The number of hydrogen-bond donors (Lipinski definition) is 2. The van der Waals surface area contributed by atoms with Crippen molar-refractivity contribution in [2.75, 3.05) is 0 Å². The molecule has 0 fully saturated rings. The number of aryl methyl sites for hydroxylation is 2. The Hall–Kier alpha value is -1.55. The van der Waals surface area contributed by atoms with Crippen molar-refractivity contribution in [1.29, 1.82) is 0 Å². The fraction of sp³-hybridized carbons (Fsp3) is 0.500. The molecule has 0 amide bonds. The number of carbonyl (C=O) groups is 1. The van der Waals surface area contributed by atoms with Gasteiger partial charge in [0.2, 0.25) is 0 Å². The first-order valence-electron chi connectivity index (χ1n) is 6.10. The topological polar surface area (TPSA) is 66.8 Å². The molecule has 100 valence electrons. The molecule has 0 radical (unpaired) electrons. The van der Waals surface area contributed by atoms with E-state index < -0.39 is 12.1 Å². The summed E-state index contributed by atoms with van der Waals surface area (Å²) in [5.74, 6) is -0.338. The third-order valence-corrected chi connectivity index (χ3v) is 2.79. The van der Waals surface area contributed by atoms with Crippen LogP contribution in [0.4, 0.5) is 0 Å².